The smallest absolute Gasteiger partial charge is 0.0618 e. The Bertz CT molecular complexity index is 195. The van der Waals surface area contributed by atoms with E-state index < -0.39 is 0 Å². The van der Waals surface area contributed by atoms with E-state index in [0.717, 1.165) is 11.2 Å². The van der Waals surface area contributed by atoms with E-state index in [2.05, 4.69) is 43.6 Å². The summed E-state index contributed by atoms with van der Waals surface area (Å²) in [4.78, 5) is 0. The van der Waals surface area contributed by atoms with Crippen molar-refractivity contribution in [2.24, 2.45) is 17.8 Å². The van der Waals surface area contributed by atoms with E-state index in [-0.39, 0.29) is 0 Å². The topological polar surface area (TPSA) is 9.23 Å². The van der Waals surface area contributed by atoms with Gasteiger partial charge in [0.05, 0.1) is 12.2 Å². The van der Waals surface area contributed by atoms with E-state index in [0.29, 0.717) is 24.0 Å². The Morgan fingerprint density at radius 3 is 2.44 bits per heavy atom. The van der Waals surface area contributed by atoms with E-state index in [1.165, 1.54) is 25.7 Å². The van der Waals surface area contributed by atoms with Gasteiger partial charge in [-0.05, 0) is 30.6 Å². The first-order valence-electron chi connectivity index (χ1n) is 6.85. The summed E-state index contributed by atoms with van der Waals surface area (Å²) in [6.45, 7) is 9.23. The van der Waals surface area contributed by atoms with Crippen LogP contribution in [0.3, 0.4) is 0 Å². The third kappa shape index (κ3) is 3.46. The van der Waals surface area contributed by atoms with Gasteiger partial charge in [-0.3, -0.25) is 0 Å². The van der Waals surface area contributed by atoms with Crippen LogP contribution in [0.25, 0.3) is 0 Å². The maximum absolute atomic E-state index is 6.26. The summed E-state index contributed by atoms with van der Waals surface area (Å²) in [5.41, 5.74) is 0. The third-order valence-corrected chi connectivity index (χ3v) is 4.92. The molecule has 1 rings (SSSR count). The summed E-state index contributed by atoms with van der Waals surface area (Å²) in [5.74, 6) is 2.22. The molecule has 1 fully saturated rings. The molecule has 0 unspecified atom stereocenters. The molecule has 0 bridgehead atoms. The van der Waals surface area contributed by atoms with Crippen LogP contribution < -0.4 is 0 Å². The molecule has 1 saturated heterocycles. The number of halogens is 1. The van der Waals surface area contributed by atoms with Crippen LogP contribution in [0.15, 0.2) is 0 Å². The summed E-state index contributed by atoms with van der Waals surface area (Å²) < 4.78 is 6.26. The van der Waals surface area contributed by atoms with Gasteiger partial charge in [0, 0.05) is 5.33 Å². The Kier molecular flexibility index (Phi) is 6.35. The van der Waals surface area contributed by atoms with Crippen LogP contribution in [-0.4, -0.2) is 17.5 Å². The molecule has 0 amide bonds. The van der Waals surface area contributed by atoms with Gasteiger partial charge in [-0.15, -0.1) is 0 Å². The molecule has 0 aromatic carbocycles. The van der Waals surface area contributed by atoms with Gasteiger partial charge in [-0.2, -0.15) is 0 Å². The van der Waals surface area contributed by atoms with E-state index >= 15 is 0 Å². The van der Waals surface area contributed by atoms with Gasteiger partial charge in [0.2, 0.25) is 0 Å². The highest BCUT2D eigenvalue weighted by molar-refractivity contribution is 9.09. The highest BCUT2D eigenvalue weighted by Gasteiger charge is 2.40. The van der Waals surface area contributed by atoms with Crippen LogP contribution in [0.1, 0.15) is 53.4 Å². The zero-order chi connectivity index (χ0) is 12.1. The minimum atomic E-state index is 0.494. The fourth-order valence-corrected chi connectivity index (χ4v) is 3.71. The summed E-state index contributed by atoms with van der Waals surface area (Å²) in [5, 5.41) is 1.09. The SMILES string of the molecule is CCC[C@@H]1O[C@H](C[C@H](C)CC)[C@H](C)[C@H]1CBr. The first-order valence-corrected chi connectivity index (χ1v) is 7.97. The van der Waals surface area contributed by atoms with Crippen LogP contribution in [-0.2, 0) is 4.74 Å². The molecule has 5 atom stereocenters. The summed E-state index contributed by atoms with van der Waals surface area (Å²) in [6.07, 6.45) is 5.95. The third-order valence-electron chi connectivity index (χ3n) is 4.17. The molecule has 96 valence electrons. The standard InChI is InChI=1S/C14H27BrO/c1-5-7-13-12(9-15)11(4)14(16-13)8-10(3)6-2/h10-14H,5-9H2,1-4H3/t10-,11-,12-,13+,14-/m1/s1. The van der Waals surface area contributed by atoms with Crippen molar-refractivity contribution in [2.75, 3.05) is 5.33 Å². The van der Waals surface area contributed by atoms with Crippen LogP contribution >= 0.6 is 15.9 Å². The Morgan fingerprint density at radius 1 is 1.25 bits per heavy atom. The molecule has 0 spiro atoms. The first kappa shape index (κ1) is 14.5. The van der Waals surface area contributed by atoms with Crippen molar-refractivity contribution in [1.82, 2.24) is 0 Å². The Hall–Kier alpha value is 0.440. The highest BCUT2D eigenvalue weighted by Crippen LogP contribution is 2.38. The lowest BCUT2D eigenvalue weighted by molar-refractivity contribution is 0.0144. The van der Waals surface area contributed by atoms with E-state index in [1.807, 2.05) is 0 Å². The molecule has 0 saturated carbocycles. The number of alkyl halides is 1. The van der Waals surface area contributed by atoms with E-state index in [4.69, 9.17) is 4.74 Å². The van der Waals surface area contributed by atoms with Crippen molar-refractivity contribution in [3.05, 3.63) is 0 Å². The van der Waals surface area contributed by atoms with Crippen molar-refractivity contribution in [2.45, 2.75) is 65.6 Å². The second-order valence-electron chi connectivity index (χ2n) is 5.43. The van der Waals surface area contributed by atoms with Crippen LogP contribution in [0, 0.1) is 17.8 Å². The molecule has 0 aromatic heterocycles. The number of hydrogen-bond donors (Lipinski definition) is 0. The number of rotatable bonds is 6. The van der Waals surface area contributed by atoms with E-state index in [9.17, 15) is 0 Å². The molecule has 1 heterocycles. The van der Waals surface area contributed by atoms with Crippen molar-refractivity contribution >= 4 is 15.9 Å². The molecule has 1 nitrogen and oxygen atoms in total. The Morgan fingerprint density at radius 2 is 1.94 bits per heavy atom. The molecule has 0 aliphatic carbocycles. The van der Waals surface area contributed by atoms with Gasteiger partial charge in [-0.1, -0.05) is 56.5 Å². The molecule has 0 aromatic rings. The Balaban J connectivity index is 2.55. The lowest BCUT2D eigenvalue weighted by Gasteiger charge is -2.20. The fourth-order valence-electron chi connectivity index (χ4n) is 2.70. The maximum Gasteiger partial charge on any atom is 0.0618 e. The van der Waals surface area contributed by atoms with Crippen LogP contribution in [0.5, 0.6) is 0 Å². The molecular formula is C14H27BrO. The van der Waals surface area contributed by atoms with Gasteiger partial charge < -0.3 is 4.74 Å². The summed E-state index contributed by atoms with van der Waals surface area (Å²) >= 11 is 3.66. The zero-order valence-electron chi connectivity index (χ0n) is 11.2. The highest BCUT2D eigenvalue weighted by atomic mass is 79.9. The number of ether oxygens (including phenoxy) is 1. The summed E-state index contributed by atoms with van der Waals surface area (Å²) in [6, 6.07) is 0. The minimum Gasteiger partial charge on any atom is -0.374 e. The van der Waals surface area contributed by atoms with Gasteiger partial charge in [-0.25, -0.2) is 0 Å². The lowest BCUT2D eigenvalue weighted by Crippen LogP contribution is -2.21. The predicted molar refractivity (Wildman–Crippen MR) is 74.1 cm³/mol. The molecular weight excluding hydrogens is 264 g/mol. The van der Waals surface area contributed by atoms with Crippen molar-refractivity contribution in [3.8, 4) is 0 Å². The van der Waals surface area contributed by atoms with E-state index in [1.54, 1.807) is 0 Å². The quantitative estimate of drug-likeness (QED) is 0.648. The van der Waals surface area contributed by atoms with Crippen molar-refractivity contribution in [1.29, 1.82) is 0 Å². The van der Waals surface area contributed by atoms with Crippen LogP contribution in [0.2, 0.25) is 0 Å². The average molecular weight is 291 g/mol. The molecule has 0 N–H and O–H groups in total. The van der Waals surface area contributed by atoms with Crippen molar-refractivity contribution < 1.29 is 4.74 Å². The van der Waals surface area contributed by atoms with Gasteiger partial charge in [0.1, 0.15) is 0 Å². The second-order valence-corrected chi connectivity index (χ2v) is 6.08. The Labute approximate surface area is 109 Å². The lowest BCUT2D eigenvalue weighted by atomic mass is 9.85. The van der Waals surface area contributed by atoms with Gasteiger partial charge in [0.25, 0.3) is 0 Å². The summed E-state index contributed by atoms with van der Waals surface area (Å²) in [7, 11) is 0. The van der Waals surface area contributed by atoms with Gasteiger partial charge in [0.15, 0.2) is 0 Å². The first-order chi connectivity index (χ1) is 7.63. The second kappa shape index (κ2) is 7.00. The number of hydrogen-bond acceptors (Lipinski definition) is 1. The predicted octanol–water partition coefficient (Wildman–Crippen LogP) is 4.64. The normalized spacial score (nSPS) is 36.6. The monoisotopic (exact) mass is 290 g/mol. The van der Waals surface area contributed by atoms with Crippen LogP contribution in [0.4, 0.5) is 0 Å². The maximum atomic E-state index is 6.26. The molecule has 1 aliphatic rings. The largest absolute Gasteiger partial charge is 0.374 e. The molecule has 2 heteroatoms. The molecule has 1 aliphatic heterocycles. The molecule has 0 radical (unpaired) electrons. The zero-order valence-corrected chi connectivity index (χ0v) is 12.8. The van der Waals surface area contributed by atoms with Crippen molar-refractivity contribution in [3.63, 3.8) is 0 Å². The average Bonchev–Trinajstić information content (AvgIpc) is 2.56. The minimum absolute atomic E-state index is 0.494. The van der Waals surface area contributed by atoms with Gasteiger partial charge >= 0.3 is 0 Å². The molecule has 16 heavy (non-hydrogen) atoms. The fraction of sp³-hybridized carbons (Fsp3) is 1.00.